The van der Waals surface area contributed by atoms with Gasteiger partial charge in [-0.15, -0.1) is 0 Å². The molecular weight excluding hydrogens is 427 g/mol. The molecule has 6 heteroatoms. The van der Waals surface area contributed by atoms with Crippen molar-refractivity contribution in [3.63, 3.8) is 0 Å². The van der Waals surface area contributed by atoms with Gasteiger partial charge in [-0.2, -0.15) is 0 Å². The van der Waals surface area contributed by atoms with Crippen molar-refractivity contribution in [3.05, 3.63) is 94.8 Å². The maximum Gasteiger partial charge on any atom is 0.258 e. The molecule has 2 amide bonds. The zero-order valence-corrected chi connectivity index (χ0v) is 18.7. The Morgan fingerprint density at radius 2 is 1.69 bits per heavy atom. The van der Waals surface area contributed by atoms with Gasteiger partial charge in [-0.1, -0.05) is 29.8 Å². The number of carbonyl (C=O) groups excluding carboxylic acids is 2. The van der Waals surface area contributed by atoms with Gasteiger partial charge in [0.1, 0.15) is 5.82 Å². The Morgan fingerprint density at radius 1 is 1.03 bits per heavy atom. The summed E-state index contributed by atoms with van der Waals surface area (Å²) in [5, 5.41) is 0.615. The molecule has 1 heterocycles. The second-order valence-electron chi connectivity index (χ2n) is 7.94. The van der Waals surface area contributed by atoms with E-state index < -0.39 is 0 Å². The number of rotatable bonds is 4. The van der Waals surface area contributed by atoms with Crippen LogP contribution in [0.25, 0.3) is 0 Å². The fourth-order valence-electron chi connectivity index (χ4n) is 4.36. The lowest BCUT2D eigenvalue weighted by molar-refractivity contribution is -0.120. The first-order valence-corrected chi connectivity index (χ1v) is 11.0. The first-order chi connectivity index (χ1) is 15.4. The van der Waals surface area contributed by atoms with Gasteiger partial charge >= 0.3 is 0 Å². The summed E-state index contributed by atoms with van der Waals surface area (Å²) < 4.78 is 13.3. The predicted octanol–water partition coefficient (Wildman–Crippen LogP) is 6.05. The highest BCUT2D eigenvalue weighted by atomic mass is 35.5. The van der Waals surface area contributed by atoms with Gasteiger partial charge in [0, 0.05) is 34.5 Å². The molecule has 1 aliphatic rings. The van der Waals surface area contributed by atoms with E-state index in [-0.39, 0.29) is 29.6 Å². The Bertz CT molecular complexity index is 1130. The van der Waals surface area contributed by atoms with Crippen molar-refractivity contribution in [2.45, 2.75) is 32.2 Å². The normalized spacial score (nSPS) is 17.6. The molecule has 32 heavy (non-hydrogen) atoms. The lowest BCUT2D eigenvalue weighted by Crippen LogP contribution is -2.46. The summed E-state index contributed by atoms with van der Waals surface area (Å²) in [6.07, 6.45) is 0.493. The van der Waals surface area contributed by atoms with Gasteiger partial charge in [0.05, 0.1) is 5.92 Å². The third-order valence-electron chi connectivity index (χ3n) is 5.92. The van der Waals surface area contributed by atoms with Crippen LogP contribution in [0.3, 0.4) is 0 Å². The summed E-state index contributed by atoms with van der Waals surface area (Å²) >= 11 is 6.02. The molecule has 0 saturated heterocycles. The molecular formula is C26H24ClFN2O2. The molecule has 0 unspecified atom stereocenters. The molecule has 0 spiro atoms. The number of fused-ring (bicyclic) bond motifs is 1. The van der Waals surface area contributed by atoms with Gasteiger partial charge in [0.2, 0.25) is 5.91 Å². The molecule has 1 aliphatic heterocycles. The van der Waals surface area contributed by atoms with Crippen LogP contribution >= 0.6 is 11.6 Å². The van der Waals surface area contributed by atoms with E-state index >= 15 is 0 Å². The van der Waals surface area contributed by atoms with E-state index in [9.17, 15) is 14.0 Å². The average Bonchev–Trinajstić information content (AvgIpc) is 2.80. The van der Waals surface area contributed by atoms with E-state index in [1.165, 1.54) is 24.3 Å². The highest BCUT2D eigenvalue weighted by Gasteiger charge is 2.38. The van der Waals surface area contributed by atoms with E-state index in [2.05, 4.69) is 0 Å². The number of likely N-dealkylation sites (N-methyl/N-ethyl adjacent to an activating group) is 1. The second kappa shape index (κ2) is 9.13. The number of amides is 2. The number of para-hydroxylation sites is 1. The zero-order valence-electron chi connectivity index (χ0n) is 18.0. The number of halogens is 2. The van der Waals surface area contributed by atoms with E-state index in [1.54, 1.807) is 21.9 Å². The molecule has 0 bridgehead atoms. The highest BCUT2D eigenvalue weighted by Crippen LogP contribution is 2.40. The van der Waals surface area contributed by atoms with Crippen LogP contribution in [0.2, 0.25) is 5.02 Å². The van der Waals surface area contributed by atoms with Gasteiger partial charge in [-0.3, -0.25) is 9.59 Å². The van der Waals surface area contributed by atoms with E-state index in [4.69, 9.17) is 11.6 Å². The number of nitrogens with zero attached hydrogens (tertiary/aromatic N) is 2. The van der Waals surface area contributed by atoms with Crippen LogP contribution in [0.5, 0.6) is 0 Å². The van der Waals surface area contributed by atoms with Crippen molar-refractivity contribution in [1.29, 1.82) is 0 Å². The van der Waals surface area contributed by atoms with E-state index in [0.29, 0.717) is 29.2 Å². The van der Waals surface area contributed by atoms with Crippen molar-refractivity contribution in [1.82, 2.24) is 0 Å². The minimum absolute atomic E-state index is 0.0111. The Morgan fingerprint density at radius 3 is 2.34 bits per heavy atom. The molecule has 3 aromatic carbocycles. The Kier molecular flexibility index (Phi) is 6.28. The fraction of sp³-hybridized carbons (Fsp3) is 0.231. The van der Waals surface area contributed by atoms with Crippen molar-refractivity contribution < 1.29 is 14.0 Å². The van der Waals surface area contributed by atoms with Crippen LogP contribution in [-0.4, -0.2) is 24.4 Å². The zero-order chi connectivity index (χ0) is 22.8. The highest BCUT2D eigenvalue weighted by molar-refractivity contribution is 6.30. The van der Waals surface area contributed by atoms with Gasteiger partial charge in [-0.25, -0.2) is 4.39 Å². The largest absolute Gasteiger partial charge is 0.312 e. The summed E-state index contributed by atoms with van der Waals surface area (Å²) in [6.45, 7) is 4.40. The number of hydrogen-bond donors (Lipinski definition) is 0. The molecule has 4 nitrogen and oxygen atoms in total. The first kappa shape index (κ1) is 22.0. The third-order valence-corrected chi connectivity index (χ3v) is 6.17. The Hall–Kier alpha value is -3.18. The van der Waals surface area contributed by atoms with Crippen LogP contribution in [0.15, 0.2) is 72.8 Å². The summed E-state index contributed by atoms with van der Waals surface area (Å²) in [5.41, 5.74) is 2.73. The van der Waals surface area contributed by atoms with Crippen LogP contribution in [-0.2, 0) is 4.79 Å². The predicted molar refractivity (Wildman–Crippen MR) is 126 cm³/mol. The molecule has 0 aliphatic carbocycles. The summed E-state index contributed by atoms with van der Waals surface area (Å²) in [7, 11) is 0. The molecule has 3 aromatic rings. The molecule has 2 atom stereocenters. The average molecular weight is 451 g/mol. The maximum absolute atomic E-state index is 13.7. The topological polar surface area (TPSA) is 40.6 Å². The Labute approximate surface area is 192 Å². The molecule has 0 aromatic heterocycles. The van der Waals surface area contributed by atoms with Crippen LogP contribution < -0.4 is 9.80 Å². The van der Waals surface area contributed by atoms with Crippen molar-refractivity contribution in [2.24, 2.45) is 0 Å². The van der Waals surface area contributed by atoms with Crippen molar-refractivity contribution in [2.75, 3.05) is 16.3 Å². The van der Waals surface area contributed by atoms with Crippen LogP contribution in [0.4, 0.5) is 15.8 Å². The minimum atomic E-state index is -0.388. The summed E-state index contributed by atoms with van der Waals surface area (Å²) in [4.78, 5) is 30.4. The van der Waals surface area contributed by atoms with Gasteiger partial charge in [-0.05, 0) is 80.4 Å². The SMILES string of the molecule is CCN(C(=O)[C@@H]1C[C@H](C)N(C(=O)c2ccc(F)cc2)c2ccccc21)c1ccc(Cl)cc1. The maximum atomic E-state index is 13.7. The van der Waals surface area contributed by atoms with Crippen LogP contribution in [0.1, 0.15) is 42.1 Å². The standard InChI is InChI=1S/C26H24ClFN2O2/c1-3-29(21-14-10-19(27)11-15-21)26(32)23-16-17(2)30(24-7-5-4-6-22(23)24)25(31)18-8-12-20(28)13-9-18/h4-15,17,23H,3,16H2,1-2H3/t17-,23+/m0/s1. The molecule has 0 N–H and O–H groups in total. The van der Waals surface area contributed by atoms with Gasteiger partial charge < -0.3 is 9.80 Å². The molecule has 0 radical (unpaired) electrons. The quantitative estimate of drug-likeness (QED) is 0.485. The van der Waals surface area contributed by atoms with Crippen molar-refractivity contribution >= 4 is 34.8 Å². The number of carbonyl (C=O) groups is 2. The monoisotopic (exact) mass is 450 g/mol. The number of anilines is 2. The molecule has 0 saturated carbocycles. The lowest BCUT2D eigenvalue weighted by Gasteiger charge is -2.40. The molecule has 164 valence electrons. The summed E-state index contributed by atoms with van der Waals surface area (Å²) in [6, 6.07) is 20.1. The first-order valence-electron chi connectivity index (χ1n) is 10.7. The Balaban J connectivity index is 1.70. The van der Waals surface area contributed by atoms with Crippen molar-refractivity contribution in [3.8, 4) is 0 Å². The van der Waals surface area contributed by atoms with Crippen LogP contribution in [0, 0.1) is 5.82 Å². The summed E-state index contributed by atoms with van der Waals surface area (Å²) in [5.74, 6) is -0.987. The van der Waals surface area contributed by atoms with E-state index in [0.717, 1.165) is 11.3 Å². The minimum Gasteiger partial charge on any atom is -0.312 e. The van der Waals surface area contributed by atoms with Gasteiger partial charge in [0.25, 0.3) is 5.91 Å². The smallest absolute Gasteiger partial charge is 0.258 e. The molecule has 0 fully saturated rings. The number of hydrogen-bond acceptors (Lipinski definition) is 2. The van der Waals surface area contributed by atoms with Gasteiger partial charge in [0.15, 0.2) is 0 Å². The third kappa shape index (κ3) is 4.13. The second-order valence-corrected chi connectivity index (χ2v) is 8.37. The molecule has 4 rings (SSSR count). The van der Waals surface area contributed by atoms with E-state index in [1.807, 2.05) is 50.2 Å². The number of benzene rings is 3. The fourth-order valence-corrected chi connectivity index (χ4v) is 4.49. The lowest BCUT2D eigenvalue weighted by atomic mass is 9.84.